The average Bonchev–Trinajstić information content (AvgIpc) is 3.16. The summed E-state index contributed by atoms with van der Waals surface area (Å²) < 4.78 is 44.2. The number of hydrogen-bond acceptors (Lipinski definition) is 1. The number of aryl methyl sites for hydroxylation is 1. The third kappa shape index (κ3) is 4.70. The van der Waals surface area contributed by atoms with Gasteiger partial charge in [-0.15, -0.1) is 0 Å². The topological polar surface area (TPSA) is 34.0 Å². The van der Waals surface area contributed by atoms with Gasteiger partial charge in [0.15, 0.2) is 11.6 Å². The highest BCUT2D eigenvalue weighted by Crippen LogP contribution is 2.29. The standard InChI is InChI=1S/C32H27F3N2O/c1-19-21(3)37(18-22-9-11-24(12-10-22)23-7-5-4-6-8-23)29-16-13-25(17-26(19)29)32(38)36-20(2)30-27(33)14-15-28(34)31(30)35/h4-17,20H,18H2,1-3H3,(H,36,38)/t20-/m0/s1. The molecule has 6 heteroatoms. The minimum absolute atomic E-state index is 0.356. The van der Waals surface area contributed by atoms with Gasteiger partial charge in [-0.25, -0.2) is 13.2 Å². The van der Waals surface area contributed by atoms with E-state index in [4.69, 9.17) is 0 Å². The van der Waals surface area contributed by atoms with Crippen LogP contribution < -0.4 is 5.32 Å². The molecule has 1 aromatic heterocycles. The van der Waals surface area contributed by atoms with E-state index in [1.54, 1.807) is 12.1 Å². The van der Waals surface area contributed by atoms with Crippen molar-refractivity contribution >= 4 is 16.8 Å². The third-order valence-corrected chi connectivity index (χ3v) is 7.16. The first-order valence-corrected chi connectivity index (χ1v) is 12.4. The SMILES string of the molecule is Cc1c(C)n(Cc2ccc(-c3ccccc3)cc2)c2ccc(C(=O)N[C@@H](C)c3c(F)ccc(F)c3F)cc12. The van der Waals surface area contributed by atoms with Crippen LogP contribution in [0.5, 0.6) is 0 Å². The number of nitrogens with one attached hydrogen (secondary N) is 1. The minimum atomic E-state index is -1.30. The first-order chi connectivity index (χ1) is 18.2. The molecule has 0 aliphatic carbocycles. The molecule has 0 saturated carbocycles. The summed E-state index contributed by atoms with van der Waals surface area (Å²) in [6, 6.07) is 24.6. The second kappa shape index (κ2) is 10.2. The number of hydrogen-bond donors (Lipinski definition) is 1. The summed E-state index contributed by atoms with van der Waals surface area (Å²) in [6.45, 7) is 6.15. The summed E-state index contributed by atoms with van der Waals surface area (Å²) in [5.41, 5.74) is 6.44. The largest absolute Gasteiger partial charge is 0.345 e. The van der Waals surface area contributed by atoms with Gasteiger partial charge in [-0.2, -0.15) is 0 Å². The fraction of sp³-hybridized carbons (Fsp3) is 0.156. The van der Waals surface area contributed by atoms with Gasteiger partial charge in [-0.3, -0.25) is 4.79 Å². The molecule has 5 aromatic rings. The van der Waals surface area contributed by atoms with Crippen LogP contribution >= 0.6 is 0 Å². The average molecular weight is 513 g/mol. The molecule has 0 unspecified atom stereocenters. The predicted molar refractivity (Wildman–Crippen MR) is 145 cm³/mol. The van der Waals surface area contributed by atoms with Crippen LogP contribution in [0.3, 0.4) is 0 Å². The smallest absolute Gasteiger partial charge is 0.251 e. The van der Waals surface area contributed by atoms with Gasteiger partial charge in [-0.05, 0) is 73.4 Å². The zero-order valence-corrected chi connectivity index (χ0v) is 21.4. The lowest BCUT2D eigenvalue weighted by Gasteiger charge is -2.16. The molecule has 0 saturated heterocycles. The van der Waals surface area contributed by atoms with Crippen molar-refractivity contribution in [2.45, 2.75) is 33.4 Å². The highest BCUT2D eigenvalue weighted by molar-refractivity contribution is 5.99. The highest BCUT2D eigenvalue weighted by Gasteiger charge is 2.22. The summed E-state index contributed by atoms with van der Waals surface area (Å²) in [7, 11) is 0. The van der Waals surface area contributed by atoms with E-state index in [0.717, 1.165) is 45.4 Å². The van der Waals surface area contributed by atoms with E-state index in [2.05, 4.69) is 46.3 Å². The summed E-state index contributed by atoms with van der Waals surface area (Å²) in [4.78, 5) is 13.0. The van der Waals surface area contributed by atoms with E-state index in [9.17, 15) is 18.0 Å². The monoisotopic (exact) mass is 512 g/mol. The Hall–Kier alpha value is -4.32. The van der Waals surface area contributed by atoms with Crippen LogP contribution in [0.4, 0.5) is 13.2 Å². The molecule has 1 N–H and O–H groups in total. The van der Waals surface area contributed by atoms with E-state index in [0.29, 0.717) is 12.1 Å². The van der Waals surface area contributed by atoms with Crippen molar-refractivity contribution in [3.8, 4) is 11.1 Å². The Morgan fingerprint density at radius 2 is 1.50 bits per heavy atom. The number of halogens is 3. The Morgan fingerprint density at radius 1 is 0.842 bits per heavy atom. The van der Waals surface area contributed by atoms with Crippen molar-refractivity contribution in [1.29, 1.82) is 0 Å². The van der Waals surface area contributed by atoms with Gasteiger partial charge in [0.2, 0.25) is 0 Å². The zero-order valence-electron chi connectivity index (χ0n) is 21.4. The first-order valence-electron chi connectivity index (χ1n) is 12.4. The molecule has 0 fully saturated rings. The van der Waals surface area contributed by atoms with Crippen LogP contribution in [0.2, 0.25) is 0 Å². The van der Waals surface area contributed by atoms with Gasteiger partial charge < -0.3 is 9.88 Å². The number of fused-ring (bicyclic) bond motifs is 1. The van der Waals surface area contributed by atoms with Crippen LogP contribution in [-0.2, 0) is 6.54 Å². The highest BCUT2D eigenvalue weighted by atomic mass is 19.2. The van der Waals surface area contributed by atoms with Crippen LogP contribution in [0.15, 0.2) is 84.9 Å². The normalized spacial score (nSPS) is 12.1. The van der Waals surface area contributed by atoms with Crippen LogP contribution in [0, 0.1) is 31.3 Å². The molecule has 1 amide bonds. The maximum atomic E-state index is 14.2. The van der Waals surface area contributed by atoms with Gasteiger partial charge in [-0.1, -0.05) is 54.6 Å². The second-order valence-electron chi connectivity index (χ2n) is 9.54. The predicted octanol–water partition coefficient (Wildman–Crippen LogP) is 7.88. The molecule has 1 heterocycles. The summed E-state index contributed by atoms with van der Waals surface area (Å²) in [5.74, 6) is -3.86. The maximum Gasteiger partial charge on any atom is 0.251 e. The lowest BCUT2D eigenvalue weighted by atomic mass is 10.0. The molecule has 1 atom stereocenters. The molecule has 192 valence electrons. The number of carbonyl (C=O) groups is 1. The Bertz CT molecular complexity index is 1640. The van der Waals surface area contributed by atoms with E-state index in [1.807, 2.05) is 38.1 Å². The summed E-state index contributed by atoms with van der Waals surface area (Å²) in [6.07, 6.45) is 0. The van der Waals surface area contributed by atoms with Gasteiger partial charge in [0.1, 0.15) is 5.82 Å². The van der Waals surface area contributed by atoms with Crippen LogP contribution in [0.1, 0.15) is 45.7 Å². The molecular weight excluding hydrogens is 485 g/mol. The van der Waals surface area contributed by atoms with Gasteiger partial charge >= 0.3 is 0 Å². The quantitative estimate of drug-likeness (QED) is 0.231. The molecule has 4 aromatic carbocycles. The number of aromatic nitrogens is 1. The zero-order chi connectivity index (χ0) is 27.0. The van der Waals surface area contributed by atoms with Gasteiger partial charge in [0.05, 0.1) is 6.04 Å². The third-order valence-electron chi connectivity index (χ3n) is 7.16. The number of amides is 1. The number of benzene rings is 4. The van der Waals surface area contributed by atoms with Gasteiger partial charge in [0.25, 0.3) is 5.91 Å². The Balaban J connectivity index is 1.39. The van der Waals surface area contributed by atoms with E-state index < -0.39 is 35.0 Å². The summed E-state index contributed by atoms with van der Waals surface area (Å²) in [5, 5.41) is 3.52. The fourth-order valence-corrected chi connectivity index (χ4v) is 4.90. The van der Waals surface area contributed by atoms with E-state index in [1.165, 1.54) is 12.5 Å². The minimum Gasteiger partial charge on any atom is -0.345 e. The molecule has 0 radical (unpaired) electrons. The lowest BCUT2D eigenvalue weighted by molar-refractivity contribution is 0.0938. The Kier molecular flexibility index (Phi) is 6.81. The van der Waals surface area contributed by atoms with Crippen LogP contribution in [0.25, 0.3) is 22.0 Å². The molecule has 5 rings (SSSR count). The second-order valence-corrected chi connectivity index (χ2v) is 9.54. The Labute approximate surface area is 219 Å². The molecule has 3 nitrogen and oxygen atoms in total. The first kappa shape index (κ1) is 25.3. The number of rotatable bonds is 6. The van der Waals surface area contributed by atoms with Crippen molar-refractivity contribution in [3.63, 3.8) is 0 Å². The van der Waals surface area contributed by atoms with E-state index in [-0.39, 0.29) is 0 Å². The number of carbonyl (C=O) groups excluding carboxylic acids is 1. The molecule has 0 spiro atoms. The summed E-state index contributed by atoms with van der Waals surface area (Å²) >= 11 is 0. The molecule has 0 bridgehead atoms. The van der Waals surface area contributed by atoms with Crippen molar-refractivity contribution < 1.29 is 18.0 Å². The van der Waals surface area contributed by atoms with Gasteiger partial charge in [0, 0.05) is 34.3 Å². The van der Waals surface area contributed by atoms with Crippen molar-refractivity contribution in [3.05, 3.63) is 130 Å². The Morgan fingerprint density at radius 3 is 2.21 bits per heavy atom. The van der Waals surface area contributed by atoms with Crippen molar-refractivity contribution in [2.75, 3.05) is 0 Å². The lowest BCUT2D eigenvalue weighted by Crippen LogP contribution is -2.28. The molecular formula is C32H27F3N2O. The molecule has 0 aliphatic heterocycles. The molecule has 0 aliphatic rings. The number of nitrogens with zero attached hydrogens (tertiary/aromatic N) is 1. The van der Waals surface area contributed by atoms with Crippen molar-refractivity contribution in [1.82, 2.24) is 9.88 Å². The van der Waals surface area contributed by atoms with E-state index >= 15 is 0 Å². The molecule has 38 heavy (non-hydrogen) atoms. The van der Waals surface area contributed by atoms with Crippen LogP contribution in [-0.4, -0.2) is 10.5 Å². The fourth-order valence-electron chi connectivity index (χ4n) is 4.90. The van der Waals surface area contributed by atoms with Crippen molar-refractivity contribution in [2.24, 2.45) is 0 Å². The maximum absolute atomic E-state index is 14.2.